The first kappa shape index (κ1) is 18.5. The quantitative estimate of drug-likeness (QED) is 0.784. The molecule has 1 aromatic rings. The second kappa shape index (κ2) is 7.81. The molecule has 1 aromatic carbocycles. The molecule has 0 saturated carbocycles. The number of rotatable bonds is 6. The molecule has 0 spiro atoms. The number of anilines is 2. The molecule has 0 aliphatic carbocycles. The zero-order valence-electron chi connectivity index (χ0n) is 14.2. The smallest absolute Gasteiger partial charge is 0.242 e. The zero-order valence-corrected chi connectivity index (χ0v) is 15.1. The number of likely N-dealkylation sites (N-methyl/N-ethyl adjacent to an activating group) is 1. The van der Waals surface area contributed by atoms with Gasteiger partial charge >= 0.3 is 0 Å². The third kappa shape index (κ3) is 4.58. The van der Waals surface area contributed by atoms with Gasteiger partial charge in [0.25, 0.3) is 0 Å². The van der Waals surface area contributed by atoms with Gasteiger partial charge in [0.2, 0.25) is 5.91 Å². The molecule has 24 heavy (non-hydrogen) atoms. The van der Waals surface area contributed by atoms with E-state index in [1.807, 2.05) is 12.1 Å². The minimum absolute atomic E-state index is 0.204. The van der Waals surface area contributed by atoms with Crippen LogP contribution >= 0.6 is 0 Å². The highest BCUT2D eigenvalue weighted by molar-refractivity contribution is 7.92. The van der Waals surface area contributed by atoms with E-state index < -0.39 is 21.0 Å². The van der Waals surface area contributed by atoms with Crippen LogP contribution in [0, 0.1) is 0 Å². The van der Waals surface area contributed by atoms with Crippen molar-refractivity contribution in [2.45, 2.75) is 12.2 Å². The van der Waals surface area contributed by atoms with E-state index in [9.17, 15) is 13.2 Å². The molecule has 6 nitrogen and oxygen atoms in total. The monoisotopic (exact) mass is 351 g/mol. The fourth-order valence-electron chi connectivity index (χ4n) is 2.54. The third-order valence-electron chi connectivity index (χ3n) is 4.26. The molecule has 0 bridgehead atoms. The Balaban J connectivity index is 1.98. The van der Waals surface area contributed by atoms with Gasteiger partial charge in [0.15, 0.2) is 9.84 Å². The van der Waals surface area contributed by atoms with Crippen LogP contribution in [0.5, 0.6) is 0 Å². The number of hydrogen-bond donors (Lipinski definition) is 1. The second-order valence-electron chi connectivity index (χ2n) is 6.09. The summed E-state index contributed by atoms with van der Waals surface area (Å²) in [5.41, 5.74) is 1.70. The SMILES string of the molecule is C=CCS(=O)(=O)C(C)C(=O)Nc1ccc(N2CCN(C)CC2)cc1. The molecule has 2 rings (SSSR count). The predicted octanol–water partition coefficient (Wildman–Crippen LogP) is 1.37. The van der Waals surface area contributed by atoms with Crippen LogP contribution in [0.15, 0.2) is 36.9 Å². The number of amides is 1. The Kier molecular flexibility index (Phi) is 6.01. The minimum atomic E-state index is -3.50. The molecule has 1 amide bonds. The summed E-state index contributed by atoms with van der Waals surface area (Å²) in [6.45, 7) is 8.80. The molecule has 1 unspecified atom stereocenters. The highest BCUT2D eigenvalue weighted by atomic mass is 32.2. The molecule has 132 valence electrons. The van der Waals surface area contributed by atoms with Gasteiger partial charge in [-0.15, -0.1) is 6.58 Å². The van der Waals surface area contributed by atoms with Crippen molar-refractivity contribution in [1.82, 2.24) is 4.90 Å². The predicted molar refractivity (Wildman–Crippen MR) is 98.2 cm³/mol. The number of nitrogens with one attached hydrogen (secondary N) is 1. The van der Waals surface area contributed by atoms with Gasteiger partial charge in [-0.3, -0.25) is 4.79 Å². The maximum atomic E-state index is 12.1. The average Bonchev–Trinajstić information content (AvgIpc) is 2.55. The molecule has 1 aliphatic rings. The summed E-state index contributed by atoms with van der Waals surface area (Å²) < 4.78 is 23.8. The van der Waals surface area contributed by atoms with Crippen LogP contribution in [0.4, 0.5) is 11.4 Å². The van der Waals surface area contributed by atoms with Crippen LogP contribution in [-0.2, 0) is 14.6 Å². The van der Waals surface area contributed by atoms with Crippen molar-refractivity contribution in [1.29, 1.82) is 0 Å². The van der Waals surface area contributed by atoms with E-state index in [0.29, 0.717) is 5.69 Å². The van der Waals surface area contributed by atoms with E-state index >= 15 is 0 Å². The summed E-state index contributed by atoms with van der Waals surface area (Å²) in [6, 6.07) is 7.50. The largest absolute Gasteiger partial charge is 0.369 e. The first-order valence-corrected chi connectivity index (χ1v) is 9.72. The fraction of sp³-hybridized carbons (Fsp3) is 0.471. The van der Waals surface area contributed by atoms with Gasteiger partial charge in [-0.05, 0) is 38.2 Å². The summed E-state index contributed by atoms with van der Waals surface area (Å²) in [5.74, 6) is -0.728. The Hall–Kier alpha value is -1.86. The number of piperazine rings is 1. The van der Waals surface area contributed by atoms with Crippen LogP contribution < -0.4 is 10.2 Å². The van der Waals surface area contributed by atoms with Gasteiger partial charge < -0.3 is 15.1 Å². The van der Waals surface area contributed by atoms with Gasteiger partial charge in [-0.1, -0.05) is 6.08 Å². The fourth-order valence-corrected chi connectivity index (χ4v) is 3.54. The van der Waals surface area contributed by atoms with E-state index in [-0.39, 0.29) is 5.75 Å². The van der Waals surface area contributed by atoms with Gasteiger partial charge in [0.05, 0.1) is 5.75 Å². The van der Waals surface area contributed by atoms with E-state index in [0.717, 1.165) is 31.9 Å². The first-order valence-electron chi connectivity index (χ1n) is 8.00. The molecule has 1 N–H and O–H groups in total. The van der Waals surface area contributed by atoms with Crippen LogP contribution in [0.2, 0.25) is 0 Å². The van der Waals surface area contributed by atoms with E-state index in [2.05, 4.69) is 28.7 Å². The maximum Gasteiger partial charge on any atom is 0.242 e. The number of carbonyl (C=O) groups excluding carboxylic acids is 1. The molecule has 0 aromatic heterocycles. The minimum Gasteiger partial charge on any atom is -0.369 e. The molecule has 1 heterocycles. The summed E-state index contributed by atoms with van der Waals surface area (Å²) in [7, 11) is -1.39. The lowest BCUT2D eigenvalue weighted by Crippen LogP contribution is -2.44. The summed E-state index contributed by atoms with van der Waals surface area (Å²) in [4.78, 5) is 16.7. The first-order chi connectivity index (χ1) is 11.3. The standard InChI is InChI=1S/C17H25N3O3S/c1-4-13-24(22,23)14(2)17(21)18-15-5-7-16(8-6-15)20-11-9-19(3)10-12-20/h4-8,14H,1,9-13H2,2-3H3,(H,18,21). The van der Waals surface area contributed by atoms with Crippen molar-refractivity contribution in [2.24, 2.45) is 0 Å². The van der Waals surface area contributed by atoms with Crippen molar-refractivity contribution >= 4 is 27.1 Å². The van der Waals surface area contributed by atoms with Gasteiger partial charge in [0.1, 0.15) is 5.25 Å². The third-order valence-corrected chi connectivity index (χ3v) is 6.25. The maximum absolute atomic E-state index is 12.1. The van der Waals surface area contributed by atoms with Crippen molar-refractivity contribution < 1.29 is 13.2 Å². The lowest BCUT2D eigenvalue weighted by atomic mass is 10.2. The van der Waals surface area contributed by atoms with Crippen molar-refractivity contribution in [3.05, 3.63) is 36.9 Å². The lowest BCUT2D eigenvalue weighted by molar-refractivity contribution is -0.115. The summed E-state index contributed by atoms with van der Waals surface area (Å²) >= 11 is 0. The zero-order chi connectivity index (χ0) is 17.7. The number of benzene rings is 1. The molecule has 1 fully saturated rings. The second-order valence-corrected chi connectivity index (χ2v) is 8.45. The molecule has 7 heteroatoms. The molecular formula is C17H25N3O3S. The van der Waals surface area contributed by atoms with E-state index in [1.165, 1.54) is 13.0 Å². The molecule has 1 saturated heterocycles. The van der Waals surface area contributed by atoms with E-state index in [1.54, 1.807) is 12.1 Å². The molecule has 1 aliphatic heterocycles. The Morgan fingerprint density at radius 2 is 1.83 bits per heavy atom. The van der Waals surface area contributed by atoms with Crippen molar-refractivity contribution in [3.63, 3.8) is 0 Å². The van der Waals surface area contributed by atoms with Crippen LogP contribution in [0.1, 0.15) is 6.92 Å². The van der Waals surface area contributed by atoms with Gasteiger partial charge in [-0.25, -0.2) is 8.42 Å². The Bertz CT molecular complexity index is 678. The number of carbonyl (C=O) groups is 1. The Morgan fingerprint density at radius 1 is 1.25 bits per heavy atom. The lowest BCUT2D eigenvalue weighted by Gasteiger charge is -2.34. The van der Waals surface area contributed by atoms with Gasteiger partial charge in [0, 0.05) is 37.6 Å². The van der Waals surface area contributed by atoms with Crippen LogP contribution in [-0.4, -0.2) is 63.5 Å². The van der Waals surface area contributed by atoms with Crippen LogP contribution in [0.3, 0.4) is 0 Å². The normalized spacial score (nSPS) is 17.3. The average molecular weight is 351 g/mol. The Labute approximate surface area is 144 Å². The summed E-state index contributed by atoms with van der Waals surface area (Å²) in [6.07, 6.45) is 1.30. The van der Waals surface area contributed by atoms with Crippen molar-refractivity contribution in [3.8, 4) is 0 Å². The number of sulfone groups is 1. The molecular weight excluding hydrogens is 326 g/mol. The van der Waals surface area contributed by atoms with Crippen molar-refractivity contribution in [2.75, 3.05) is 49.2 Å². The van der Waals surface area contributed by atoms with E-state index in [4.69, 9.17) is 0 Å². The molecule has 0 radical (unpaired) electrons. The Morgan fingerprint density at radius 3 is 2.38 bits per heavy atom. The highest BCUT2D eigenvalue weighted by Gasteiger charge is 2.26. The number of nitrogens with zero attached hydrogens (tertiary/aromatic N) is 2. The summed E-state index contributed by atoms with van der Waals surface area (Å²) in [5, 5.41) is 1.56. The topological polar surface area (TPSA) is 69.7 Å². The van der Waals surface area contributed by atoms with Gasteiger partial charge in [-0.2, -0.15) is 0 Å². The number of hydrogen-bond acceptors (Lipinski definition) is 5. The molecule has 1 atom stereocenters. The van der Waals surface area contributed by atoms with Crippen LogP contribution in [0.25, 0.3) is 0 Å². The highest BCUT2D eigenvalue weighted by Crippen LogP contribution is 2.19.